The van der Waals surface area contributed by atoms with Crippen molar-refractivity contribution in [2.45, 2.75) is 56.8 Å². The zero-order valence-corrected chi connectivity index (χ0v) is 27.8. The first-order valence-electron chi connectivity index (χ1n) is 17.1. The van der Waals surface area contributed by atoms with Crippen molar-refractivity contribution in [3.63, 3.8) is 0 Å². The summed E-state index contributed by atoms with van der Waals surface area (Å²) in [6.45, 7) is 4.51. The van der Waals surface area contributed by atoms with Crippen LogP contribution in [-0.2, 0) is 38.6 Å². The predicted octanol–water partition coefficient (Wildman–Crippen LogP) is 3.80. The van der Waals surface area contributed by atoms with Crippen LogP contribution in [0.1, 0.15) is 47.4 Å². The number of hydrogen-bond donors (Lipinski definition) is 1. The summed E-state index contributed by atoms with van der Waals surface area (Å²) < 4.78 is 2.00. The van der Waals surface area contributed by atoms with Crippen LogP contribution in [0.2, 0.25) is 0 Å². The highest BCUT2D eigenvalue weighted by atomic mass is 16.3. The number of phenols is 1. The van der Waals surface area contributed by atoms with Crippen LogP contribution < -0.4 is 0 Å². The molecule has 10 heteroatoms. The molecule has 3 aliphatic heterocycles. The number of piperazine rings is 1. The number of para-hydroxylation sites is 1. The number of fused-ring (bicyclic) bond motifs is 2. The number of rotatable bonds is 11. The smallest absolute Gasteiger partial charge is 0.246 e. The first-order chi connectivity index (χ1) is 23.7. The number of phenolic OH excluding ortho intramolecular Hbond substituents is 1. The fraction of sp³-hybridized carbons (Fsp3) is 0.359. The Bertz CT molecular complexity index is 1820. The predicted molar refractivity (Wildman–Crippen MR) is 184 cm³/mol. The molecule has 4 aliphatic rings. The van der Waals surface area contributed by atoms with Crippen molar-refractivity contribution in [1.82, 2.24) is 19.8 Å². The van der Waals surface area contributed by atoms with Crippen molar-refractivity contribution in [2.75, 3.05) is 26.7 Å². The van der Waals surface area contributed by atoms with Crippen molar-refractivity contribution in [2.24, 2.45) is 5.92 Å². The van der Waals surface area contributed by atoms with Crippen LogP contribution in [-0.4, -0.2) is 98.1 Å². The maximum absolute atomic E-state index is 14.5. The lowest BCUT2D eigenvalue weighted by atomic mass is 9.92. The lowest BCUT2D eigenvalue weighted by molar-refractivity contribution is -0.397. The molecule has 1 N–H and O–H groups in total. The second-order valence-corrected chi connectivity index (χ2v) is 13.5. The van der Waals surface area contributed by atoms with Gasteiger partial charge in [0, 0.05) is 36.4 Å². The Labute approximate surface area is 286 Å². The molecule has 3 aromatic rings. The molecule has 0 bridgehead atoms. The van der Waals surface area contributed by atoms with Crippen LogP contribution in [0.3, 0.4) is 0 Å². The van der Waals surface area contributed by atoms with E-state index in [0.717, 1.165) is 40.8 Å². The fourth-order valence-electron chi connectivity index (χ4n) is 7.62. The molecule has 252 valence electrons. The number of aromatic hydroxyl groups is 1. The van der Waals surface area contributed by atoms with Crippen molar-refractivity contribution in [1.29, 1.82) is 0 Å². The molecule has 0 spiro atoms. The molecular formula is C39H42N5O5+. The summed E-state index contributed by atoms with van der Waals surface area (Å²) in [5.41, 5.74) is 4.61. The molecule has 10 nitrogen and oxygen atoms in total. The minimum absolute atomic E-state index is 0.0534. The third kappa shape index (κ3) is 6.40. The number of benzene rings is 3. The van der Waals surface area contributed by atoms with Gasteiger partial charge in [-0.3, -0.25) is 19.2 Å². The maximum atomic E-state index is 14.5. The van der Waals surface area contributed by atoms with Gasteiger partial charge in [0.15, 0.2) is 12.0 Å². The average molecular weight is 661 g/mol. The number of carbonyl (C=O) groups excluding carboxylic acids is 4. The molecule has 7 rings (SSSR count). The van der Waals surface area contributed by atoms with E-state index in [1.165, 1.54) is 0 Å². The van der Waals surface area contributed by atoms with Gasteiger partial charge in [-0.25, -0.2) is 14.6 Å². The van der Waals surface area contributed by atoms with E-state index in [9.17, 15) is 24.3 Å². The summed E-state index contributed by atoms with van der Waals surface area (Å²) in [5, 5.41) is 13.3. The zero-order chi connectivity index (χ0) is 34.2. The molecule has 3 amide bonds. The summed E-state index contributed by atoms with van der Waals surface area (Å²) in [7, 11) is 1.94. The zero-order valence-electron chi connectivity index (χ0n) is 27.8. The Kier molecular flexibility index (Phi) is 8.90. The third-order valence-corrected chi connectivity index (χ3v) is 10.1. The second kappa shape index (κ2) is 13.4. The van der Waals surface area contributed by atoms with Gasteiger partial charge >= 0.3 is 0 Å². The van der Waals surface area contributed by atoms with Crippen LogP contribution in [0.25, 0.3) is 0 Å². The van der Waals surface area contributed by atoms with E-state index in [2.05, 4.69) is 6.58 Å². The molecule has 2 saturated heterocycles. The highest BCUT2D eigenvalue weighted by Gasteiger charge is 2.51. The Hall–Kier alpha value is -5.09. The van der Waals surface area contributed by atoms with E-state index in [0.29, 0.717) is 13.0 Å². The van der Waals surface area contributed by atoms with Crippen molar-refractivity contribution >= 4 is 35.4 Å². The number of Topliss-reactive ketones (excluding diaryl/α,β-unsaturated/α-hetero) is 1. The van der Waals surface area contributed by atoms with Crippen LogP contribution in [0.4, 0.5) is 5.69 Å². The van der Waals surface area contributed by atoms with Crippen molar-refractivity contribution in [3.05, 3.63) is 108 Å². The van der Waals surface area contributed by atoms with Gasteiger partial charge in [-0.15, -0.1) is 6.58 Å². The third-order valence-electron chi connectivity index (χ3n) is 10.1. The van der Waals surface area contributed by atoms with E-state index in [1.807, 2.05) is 66.4 Å². The fourth-order valence-corrected chi connectivity index (χ4v) is 7.62. The molecule has 1 aliphatic carbocycles. The van der Waals surface area contributed by atoms with Gasteiger partial charge < -0.3 is 14.9 Å². The van der Waals surface area contributed by atoms with Crippen LogP contribution in [0.15, 0.2) is 85.5 Å². The lowest BCUT2D eigenvalue weighted by Crippen LogP contribution is -2.75. The number of ketones is 1. The Balaban J connectivity index is 1.24. The molecule has 1 unspecified atom stereocenters. The molecule has 3 fully saturated rings. The van der Waals surface area contributed by atoms with E-state index in [-0.39, 0.29) is 73.6 Å². The lowest BCUT2D eigenvalue weighted by Gasteiger charge is -2.55. The molecule has 3 atom stereocenters. The van der Waals surface area contributed by atoms with Gasteiger partial charge in [0.25, 0.3) is 0 Å². The van der Waals surface area contributed by atoms with Gasteiger partial charge in [-0.1, -0.05) is 66.7 Å². The van der Waals surface area contributed by atoms with Crippen molar-refractivity contribution < 1.29 is 28.9 Å². The highest BCUT2D eigenvalue weighted by Crippen LogP contribution is 2.41. The Morgan fingerprint density at radius 1 is 0.980 bits per heavy atom. The van der Waals surface area contributed by atoms with E-state index >= 15 is 0 Å². The van der Waals surface area contributed by atoms with Gasteiger partial charge in [0.05, 0.1) is 19.6 Å². The summed E-state index contributed by atoms with van der Waals surface area (Å²) >= 11 is 0. The summed E-state index contributed by atoms with van der Waals surface area (Å²) in [6, 6.07) is 21.5. The summed E-state index contributed by atoms with van der Waals surface area (Å²) in [4.78, 5) is 59.2. The monoisotopic (exact) mass is 660 g/mol. The van der Waals surface area contributed by atoms with Gasteiger partial charge in [-0.05, 0) is 42.5 Å². The first kappa shape index (κ1) is 32.5. The highest BCUT2D eigenvalue weighted by molar-refractivity contribution is 6.04. The summed E-state index contributed by atoms with van der Waals surface area (Å²) in [5.74, 6) is -0.404. The van der Waals surface area contributed by atoms with E-state index in [1.54, 1.807) is 50.2 Å². The van der Waals surface area contributed by atoms with Gasteiger partial charge in [0.2, 0.25) is 23.4 Å². The molecule has 1 saturated carbocycles. The van der Waals surface area contributed by atoms with Crippen LogP contribution in [0, 0.1) is 5.92 Å². The molecular weight excluding hydrogens is 618 g/mol. The number of carbonyl (C=O) groups is 4. The molecule has 0 radical (unpaired) electrons. The molecule has 0 aromatic heterocycles. The normalized spacial score (nSPS) is 22.1. The largest absolute Gasteiger partial charge is 0.508 e. The maximum Gasteiger partial charge on any atom is 0.246 e. The SMILES string of the molecule is C=CCN1CC(=O)N2[C@@H](Cc3ccc(O)cc3)C(=O)N(Cc3cccc4c3[N+](C)=CC4C(=O)C3CC3)C[C@@H]2N1C(=O)CCc1ccccc1. The minimum atomic E-state index is -0.864. The van der Waals surface area contributed by atoms with Gasteiger partial charge in [-0.2, -0.15) is 0 Å². The number of hydrazine groups is 1. The standard InChI is InChI=1S/C39H41N5O5/c1-3-20-42-25-36(47)43-33(21-27-12-17-30(45)18-13-27)39(49)41(24-34(43)44(42)35(46)19-14-26-8-5-4-6-9-26)22-29-10-7-11-31-32(23-40(2)37(29)31)38(48)28-15-16-28/h3-13,17-18,23,28,32-34H,1,14-16,19-22,24-25H2,2H3/p+1/t32?,33-,34-/m0/s1. The topological polar surface area (TPSA) is 104 Å². The van der Waals surface area contributed by atoms with E-state index in [4.69, 9.17) is 0 Å². The van der Waals surface area contributed by atoms with Crippen LogP contribution in [0.5, 0.6) is 5.75 Å². The second-order valence-electron chi connectivity index (χ2n) is 13.5. The summed E-state index contributed by atoms with van der Waals surface area (Å²) in [6.07, 6.45) is 5.80. The number of aryl methyl sites for hydroxylation is 1. The molecule has 49 heavy (non-hydrogen) atoms. The molecule has 3 heterocycles. The first-order valence-corrected chi connectivity index (χ1v) is 17.1. The number of hydrogen-bond acceptors (Lipinski definition) is 6. The van der Waals surface area contributed by atoms with Gasteiger partial charge in [0.1, 0.15) is 30.9 Å². The minimum Gasteiger partial charge on any atom is -0.508 e. The van der Waals surface area contributed by atoms with E-state index < -0.39 is 12.2 Å². The molecule has 3 aromatic carbocycles. The van der Waals surface area contributed by atoms with Crippen molar-refractivity contribution in [3.8, 4) is 5.75 Å². The number of amides is 3. The Morgan fingerprint density at radius 2 is 1.73 bits per heavy atom. The average Bonchev–Trinajstić information content (AvgIpc) is 3.89. The number of nitrogens with zero attached hydrogens (tertiary/aromatic N) is 5. The Morgan fingerprint density at radius 3 is 2.45 bits per heavy atom. The van der Waals surface area contributed by atoms with Crippen LogP contribution >= 0.6 is 0 Å². The quantitative estimate of drug-likeness (QED) is 0.248.